The maximum Gasteiger partial charge on any atom is 0.361 e. The van der Waals surface area contributed by atoms with Gasteiger partial charge in [0.15, 0.2) is 0 Å². The van der Waals surface area contributed by atoms with Gasteiger partial charge in [-0.1, -0.05) is 0 Å². The van der Waals surface area contributed by atoms with Crippen LogP contribution in [0.3, 0.4) is 0 Å². The molecular weight excluding hydrogens is 118 g/mol. The Morgan fingerprint density at radius 3 is 2.44 bits per heavy atom. The summed E-state index contributed by atoms with van der Waals surface area (Å²) in [6, 6.07) is 0. The van der Waals surface area contributed by atoms with Crippen LogP contribution in [0.4, 0.5) is 0 Å². The second-order valence-electron chi connectivity index (χ2n) is 1.81. The molecule has 0 bridgehead atoms. The van der Waals surface area contributed by atoms with Crippen LogP contribution in [-0.2, 0) is 0 Å². The van der Waals surface area contributed by atoms with Gasteiger partial charge in [0.1, 0.15) is 0 Å². The monoisotopic (exact) mass is 125 g/mol. The molecule has 1 aromatic rings. The van der Waals surface area contributed by atoms with Crippen molar-refractivity contribution in [3.8, 4) is 0 Å². The van der Waals surface area contributed by atoms with Crippen LogP contribution < -0.4 is 5.69 Å². The number of aryl methyl sites for hydroxylation is 2. The van der Waals surface area contributed by atoms with Gasteiger partial charge in [0.05, 0.1) is 11.4 Å². The number of nitrogens with zero attached hydrogens (tertiary/aromatic N) is 2. The zero-order chi connectivity index (χ0) is 6.85. The molecule has 0 saturated heterocycles. The van der Waals surface area contributed by atoms with E-state index in [1.807, 2.05) is 0 Å². The molecule has 0 atom stereocenters. The van der Waals surface area contributed by atoms with E-state index in [0.717, 1.165) is 5.69 Å². The molecule has 9 heavy (non-hydrogen) atoms. The molecule has 4 nitrogen and oxygen atoms in total. The predicted molar refractivity (Wildman–Crippen MR) is 32.1 cm³/mol. The average Bonchev–Trinajstić information content (AvgIpc) is 1.80. The highest BCUT2D eigenvalue weighted by Gasteiger charge is 1.92. The Hall–Kier alpha value is -1.19. The lowest BCUT2D eigenvalue weighted by Crippen LogP contribution is -2.14. The van der Waals surface area contributed by atoms with Gasteiger partial charge < -0.3 is 0 Å². The first kappa shape index (κ1) is 5.94. The van der Waals surface area contributed by atoms with Gasteiger partial charge in [0, 0.05) is 0 Å². The van der Waals surface area contributed by atoms with Gasteiger partial charge in [0.25, 0.3) is 0 Å². The summed E-state index contributed by atoms with van der Waals surface area (Å²) in [4.78, 5) is 14.0. The van der Waals surface area contributed by atoms with Crippen molar-refractivity contribution in [3.63, 3.8) is 0 Å². The Kier molecular flexibility index (Phi) is 1.30. The minimum atomic E-state index is -0.391. The van der Waals surface area contributed by atoms with E-state index < -0.39 is 5.69 Å². The summed E-state index contributed by atoms with van der Waals surface area (Å²) in [6.45, 7) is 3.54. The number of aromatic nitrogens is 3. The maximum atomic E-state index is 10.4. The molecule has 1 heterocycles. The lowest BCUT2D eigenvalue weighted by molar-refractivity contribution is 0.851. The zero-order valence-electron chi connectivity index (χ0n) is 5.30. The molecule has 0 spiro atoms. The van der Waals surface area contributed by atoms with Crippen LogP contribution in [0.5, 0.6) is 0 Å². The van der Waals surface area contributed by atoms with Crippen LogP contribution in [0, 0.1) is 13.8 Å². The van der Waals surface area contributed by atoms with Crippen LogP contribution in [0.25, 0.3) is 0 Å². The molecule has 0 radical (unpaired) electrons. The van der Waals surface area contributed by atoms with E-state index in [2.05, 4.69) is 15.2 Å². The topological polar surface area (TPSA) is 58.6 Å². The van der Waals surface area contributed by atoms with Gasteiger partial charge >= 0.3 is 5.69 Å². The van der Waals surface area contributed by atoms with Gasteiger partial charge in [0.2, 0.25) is 0 Å². The lowest BCUT2D eigenvalue weighted by atomic mass is 10.4. The summed E-state index contributed by atoms with van der Waals surface area (Å²) in [6.07, 6.45) is 0. The van der Waals surface area contributed by atoms with E-state index in [9.17, 15) is 4.79 Å². The van der Waals surface area contributed by atoms with Crippen molar-refractivity contribution in [3.05, 3.63) is 21.9 Å². The molecule has 0 fully saturated rings. The summed E-state index contributed by atoms with van der Waals surface area (Å²) in [7, 11) is 0. The molecule has 0 amide bonds. The molecule has 4 heteroatoms. The van der Waals surface area contributed by atoms with Crippen LogP contribution >= 0.6 is 0 Å². The number of aromatic amines is 1. The number of H-pyrrole nitrogens is 1. The van der Waals surface area contributed by atoms with E-state index in [1.165, 1.54) is 0 Å². The Morgan fingerprint density at radius 2 is 2.00 bits per heavy atom. The molecule has 0 aromatic carbocycles. The number of nitrogens with one attached hydrogen (secondary N) is 1. The van der Waals surface area contributed by atoms with Gasteiger partial charge in [-0.15, -0.1) is 0 Å². The smallest absolute Gasteiger partial charge is 0.244 e. The summed E-state index contributed by atoms with van der Waals surface area (Å²) >= 11 is 0. The van der Waals surface area contributed by atoms with Crippen molar-refractivity contribution in [1.82, 2.24) is 15.2 Å². The highest BCUT2D eigenvalue weighted by Crippen LogP contribution is 1.89. The highest BCUT2D eigenvalue weighted by molar-refractivity contribution is 5.01. The molecule has 1 N–H and O–H groups in total. The fourth-order valence-electron chi connectivity index (χ4n) is 0.471. The predicted octanol–water partition coefficient (Wildman–Crippen LogP) is -0.218. The largest absolute Gasteiger partial charge is 0.361 e. The molecule has 0 unspecified atom stereocenters. The third-order valence-electron chi connectivity index (χ3n) is 1.11. The fraction of sp³-hybridized carbons (Fsp3) is 0.400. The summed E-state index contributed by atoms with van der Waals surface area (Å²) in [5, 5.41) is 5.90. The molecule has 1 rings (SSSR count). The van der Waals surface area contributed by atoms with Crippen LogP contribution in [0.2, 0.25) is 0 Å². The minimum absolute atomic E-state index is 0.391. The first-order valence-electron chi connectivity index (χ1n) is 2.60. The molecule has 1 aromatic heterocycles. The van der Waals surface area contributed by atoms with E-state index in [4.69, 9.17) is 0 Å². The van der Waals surface area contributed by atoms with Crippen molar-refractivity contribution >= 4 is 0 Å². The molecule has 48 valence electrons. The highest BCUT2D eigenvalue weighted by atomic mass is 16.1. The number of hydrogen-bond acceptors (Lipinski definition) is 3. The van der Waals surface area contributed by atoms with E-state index >= 15 is 0 Å². The third-order valence-corrected chi connectivity index (χ3v) is 1.11. The first-order valence-corrected chi connectivity index (χ1v) is 2.60. The van der Waals surface area contributed by atoms with Gasteiger partial charge in [-0.05, 0) is 13.8 Å². The molecule has 0 aliphatic heterocycles. The lowest BCUT2D eigenvalue weighted by Gasteiger charge is -1.91. The van der Waals surface area contributed by atoms with Crippen molar-refractivity contribution in [1.29, 1.82) is 0 Å². The first-order chi connectivity index (χ1) is 4.20. The Balaban J connectivity index is 3.34. The number of hydrogen-bond donors (Lipinski definition) is 1. The van der Waals surface area contributed by atoms with E-state index in [-0.39, 0.29) is 0 Å². The normalized spacial score (nSPS) is 9.56. The van der Waals surface area contributed by atoms with Crippen molar-refractivity contribution < 1.29 is 0 Å². The van der Waals surface area contributed by atoms with E-state index in [1.54, 1.807) is 13.8 Å². The van der Waals surface area contributed by atoms with Gasteiger partial charge in [-0.25, -0.2) is 9.89 Å². The molecule has 0 aliphatic carbocycles. The standard InChI is InChI=1S/C5H7N3O/c1-3-4(2)7-8-5(9)6-3/h1-2H3,(H,6,8,9). The third kappa shape index (κ3) is 1.13. The Labute approximate surface area is 52.0 Å². The Bertz CT molecular complexity index is 265. The SMILES string of the molecule is Cc1n[nH]c(=O)nc1C. The van der Waals surface area contributed by atoms with Crippen LogP contribution in [0.1, 0.15) is 11.4 Å². The Morgan fingerprint density at radius 1 is 1.33 bits per heavy atom. The van der Waals surface area contributed by atoms with Crippen molar-refractivity contribution in [2.45, 2.75) is 13.8 Å². The average molecular weight is 125 g/mol. The zero-order valence-corrected chi connectivity index (χ0v) is 5.30. The van der Waals surface area contributed by atoms with Crippen LogP contribution in [0.15, 0.2) is 4.79 Å². The summed E-state index contributed by atoms with van der Waals surface area (Å²) in [5.41, 5.74) is 1.05. The van der Waals surface area contributed by atoms with Crippen molar-refractivity contribution in [2.75, 3.05) is 0 Å². The quantitative estimate of drug-likeness (QED) is 0.521. The maximum absolute atomic E-state index is 10.4. The number of rotatable bonds is 0. The molecular formula is C5H7N3O. The molecule has 0 aliphatic rings. The second-order valence-corrected chi connectivity index (χ2v) is 1.81. The van der Waals surface area contributed by atoms with E-state index in [0.29, 0.717) is 5.69 Å². The second kappa shape index (κ2) is 1.97. The van der Waals surface area contributed by atoms with Gasteiger partial charge in [-0.3, -0.25) is 0 Å². The minimum Gasteiger partial charge on any atom is -0.244 e. The summed E-state index contributed by atoms with van der Waals surface area (Å²) < 4.78 is 0. The molecule has 0 saturated carbocycles. The summed E-state index contributed by atoms with van der Waals surface area (Å²) in [5.74, 6) is 0. The van der Waals surface area contributed by atoms with Crippen molar-refractivity contribution in [2.24, 2.45) is 0 Å². The fourth-order valence-corrected chi connectivity index (χ4v) is 0.471. The van der Waals surface area contributed by atoms with Crippen LogP contribution in [-0.4, -0.2) is 15.2 Å². The van der Waals surface area contributed by atoms with Gasteiger partial charge in [-0.2, -0.15) is 10.1 Å².